The first-order valence-electron chi connectivity index (χ1n) is 6.74. The normalized spacial score (nSPS) is 18.0. The maximum absolute atomic E-state index is 4.54. The molecule has 0 radical (unpaired) electrons. The molecule has 0 aromatic carbocycles. The van der Waals surface area contributed by atoms with Crippen molar-refractivity contribution in [1.82, 2.24) is 5.32 Å². The molecule has 1 N–H and O–H groups in total. The Bertz CT molecular complexity index is 155. The second-order valence-electron chi connectivity index (χ2n) is 4.93. The van der Waals surface area contributed by atoms with Crippen molar-refractivity contribution in [3.05, 3.63) is 0 Å². The van der Waals surface area contributed by atoms with Crippen LogP contribution < -0.4 is 5.32 Å². The minimum Gasteiger partial charge on any atom is -0.303 e. The summed E-state index contributed by atoms with van der Waals surface area (Å²) in [5, 5.41) is 3.51. The minimum absolute atomic E-state index is 0.237. The van der Waals surface area contributed by atoms with Crippen LogP contribution in [0.1, 0.15) is 71.1 Å². The number of unbranched alkanes of at least 4 members (excludes halogenated alkanes) is 7. The predicted molar refractivity (Wildman–Crippen MR) is 71.6 cm³/mol. The van der Waals surface area contributed by atoms with E-state index in [-0.39, 0.29) is 4.87 Å². The van der Waals surface area contributed by atoms with Gasteiger partial charge < -0.3 is 5.32 Å². The van der Waals surface area contributed by atoms with Crippen molar-refractivity contribution in [2.45, 2.75) is 76.0 Å². The fourth-order valence-electron chi connectivity index (χ4n) is 1.88. The lowest BCUT2D eigenvalue weighted by molar-refractivity contribution is 0.547. The summed E-state index contributed by atoms with van der Waals surface area (Å²) in [6, 6.07) is 0. The fraction of sp³-hybridized carbons (Fsp3) is 1.00. The molecule has 15 heavy (non-hydrogen) atoms. The molecule has 0 heterocycles. The topological polar surface area (TPSA) is 12.0 Å². The molecule has 0 aromatic heterocycles. The highest BCUT2D eigenvalue weighted by Gasteiger charge is 2.37. The fourth-order valence-corrected chi connectivity index (χ4v) is 2.10. The van der Waals surface area contributed by atoms with Crippen LogP contribution in [0.4, 0.5) is 0 Å². The van der Waals surface area contributed by atoms with Crippen molar-refractivity contribution >= 4 is 12.6 Å². The van der Waals surface area contributed by atoms with E-state index < -0.39 is 0 Å². The molecule has 1 saturated carbocycles. The molecular weight excluding hydrogens is 202 g/mol. The molecule has 1 rings (SSSR count). The third-order valence-corrected chi connectivity index (χ3v) is 3.81. The van der Waals surface area contributed by atoms with Crippen LogP contribution in [0.25, 0.3) is 0 Å². The average Bonchev–Trinajstić information content (AvgIpc) is 2.95. The smallest absolute Gasteiger partial charge is 0.0617 e. The monoisotopic (exact) mass is 229 g/mol. The number of rotatable bonds is 10. The lowest BCUT2D eigenvalue weighted by Crippen LogP contribution is -2.26. The summed E-state index contributed by atoms with van der Waals surface area (Å²) >= 11 is 4.54. The molecule has 0 atom stereocenters. The summed E-state index contributed by atoms with van der Waals surface area (Å²) < 4.78 is 0. The summed E-state index contributed by atoms with van der Waals surface area (Å²) in [4.78, 5) is 0.237. The number of thiol groups is 1. The zero-order valence-corrected chi connectivity index (χ0v) is 11.1. The molecule has 2 heteroatoms. The van der Waals surface area contributed by atoms with Crippen LogP contribution in [0.2, 0.25) is 0 Å². The SMILES string of the molecule is CCCCCCCCCCNC1(S)CC1. The molecule has 0 saturated heterocycles. The predicted octanol–water partition coefficient (Wildman–Crippen LogP) is 4.14. The van der Waals surface area contributed by atoms with Gasteiger partial charge >= 0.3 is 0 Å². The average molecular weight is 229 g/mol. The van der Waals surface area contributed by atoms with Crippen LogP contribution in [-0.2, 0) is 0 Å². The molecule has 0 unspecified atom stereocenters. The molecule has 1 fully saturated rings. The summed E-state index contributed by atoms with van der Waals surface area (Å²) in [6.45, 7) is 3.44. The Morgan fingerprint density at radius 1 is 0.933 bits per heavy atom. The van der Waals surface area contributed by atoms with Gasteiger partial charge in [0.15, 0.2) is 0 Å². The van der Waals surface area contributed by atoms with Gasteiger partial charge in [0, 0.05) is 0 Å². The maximum atomic E-state index is 4.54. The van der Waals surface area contributed by atoms with Crippen LogP contribution in [0.3, 0.4) is 0 Å². The molecule has 90 valence electrons. The molecule has 0 bridgehead atoms. The van der Waals surface area contributed by atoms with Gasteiger partial charge in [-0.15, -0.1) is 0 Å². The van der Waals surface area contributed by atoms with E-state index in [1.54, 1.807) is 0 Å². The van der Waals surface area contributed by atoms with Gasteiger partial charge in [0.2, 0.25) is 0 Å². The zero-order valence-electron chi connectivity index (χ0n) is 10.2. The maximum Gasteiger partial charge on any atom is 0.0617 e. The highest BCUT2D eigenvalue weighted by atomic mass is 32.1. The van der Waals surface area contributed by atoms with Crippen molar-refractivity contribution in [2.24, 2.45) is 0 Å². The van der Waals surface area contributed by atoms with Crippen molar-refractivity contribution in [3.63, 3.8) is 0 Å². The number of hydrogen-bond acceptors (Lipinski definition) is 2. The standard InChI is InChI=1S/C13H27NS/c1-2-3-4-5-6-7-8-9-12-14-13(15)10-11-13/h14-15H,2-12H2,1H3. The first-order chi connectivity index (χ1) is 7.27. The molecular formula is C13H27NS. The molecule has 1 aliphatic carbocycles. The molecule has 0 aliphatic heterocycles. The Balaban J connectivity index is 1.70. The van der Waals surface area contributed by atoms with E-state index in [0.29, 0.717) is 0 Å². The number of nitrogens with one attached hydrogen (secondary N) is 1. The van der Waals surface area contributed by atoms with Crippen LogP contribution in [-0.4, -0.2) is 11.4 Å². The zero-order chi connectivity index (χ0) is 11.0. The summed E-state index contributed by atoms with van der Waals surface area (Å²) in [7, 11) is 0. The van der Waals surface area contributed by atoms with Crippen LogP contribution in [0, 0.1) is 0 Å². The van der Waals surface area contributed by atoms with E-state index in [1.807, 2.05) is 0 Å². The van der Waals surface area contributed by atoms with Crippen molar-refractivity contribution in [2.75, 3.05) is 6.54 Å². The van der Waals surface area contributed by atoms with Gasteiger partial charge in [-0.05, 0) is 25.8 Å². The summed E-state index contributed by atoms with van der Waals surface area (Å²) in [5.41, 5.74) is 0. The van der Waals surface area contributed by atoms with E-state index in [9.17, 15) is 0 Å². The van der Waals surface area contributed by atoms with Gasteiger partial charge in [-0.25, -0.2) is 0 Å². The molecule has 0 aromatic rings. The molecule has 0 spiro atoms. The highest BCUT2D eigenvalue weighted by molar-refractivity contribution is 7.82. The lowest BCUT2D eigenvalue weighted by Gasteiger charge is -2.09. The summed E-state index contributed by atoms with van der Waals surface area (Å²) in [6.07, 6.45) is 13.8. The van der Waals surface area contributed by atoms with Gasteiger partial charge in [-0.1, -0.05) is 51.9 Å². The Labute approximate surface area is 101 Å². The minimum atomic E-state index is 0.237. The molecule has 1 nitrogen and oxygen atoms in total. The molecule has 1 aliphatic rings. The van der Waals surface area contributed by atoms with E-state index in [1.165, 1.54) is 70.8 Å². The van der Waals surface area contributed by atoms with E-state index >= 15 is 0 Å². The van der Waals surface area contributed by atoms with E-state index in [0.717, 1.165) is 0 Å². The van der Waals surface area contributed by atoms with E-state index in [2.05, 4.69) is 24.9 Å². The second kappa shape index (κ2) is 7.56. The van der Waals surface area contributed by atoms with Gasteiger partial charge in [-0.2, -0.15) is 12.6 Å². The van der Waals surface area contributed by atoms with Crippen molar-refractivity contribution in [1.29, 1.82) is 0 Å². The Morgan fingerprint density at radius 2 is 1.47 bits per heavy atom. The van der Waals surface area contributed by atoms with E-state index in [4.69, 9.17) is 0 Å². The van der Waals surface area contributed by atoms with Crippen LogP contribution in [0.15, 0.2) is 0 Å². The van der Waals surface area contributed by atoms with Crippen molar-refractivity contribution < 1.29 is 0 Å². The number of hydrogen-bond donors (Lipinski definition) is 2. The van der Waals surface area contributed by atoms with Crippen LogP contribution in [0.5, 0.6) is 0 Å². The van der Waals surface area contributed by atoms with Gasteiger partial charge in [0.1, 0.15) is 0 Å². The third-order valence-electron chi connectivity index (χ3n) is 3.21. The quantitative estimate of drug-likeness (QED) is 0.326. The third kappa shape index (κ3) is 7.24. The first kappa shape index (κ1) is 13.4. The Morgan fingerprint density at radius 3 is 2.00 bits per heavy atom. The molecule has 0 amide bonds. The first-order valence-corrected chi connectivity index (χ1v) is 7.19. The van der Waals surface area contributed by atoms with Gasteiger partial charge in [-0.3, -0.25) is 0 Å². The van der Waals surface area contributed by atoms with Gasteiger partial charge in [0.25, 0.3) is 0 Å². The largest absolute Gasteiger partial charge is 0.303 e. The Kier molecular flexibility index (Phi) is 6.74. The van der Waals surface area contributed by atoms with Crippen molar-refractivity contribution in [3.8, 4) is 0 Å². The lowest BCUT2D eigenvalue weighted by atomic mass is 10.1. The summed E-state index contributed by atoms with van der Waals surface area (Å²) in [5.74, 6) is 0. The highest BCUT2D eigenvalue weighted by Crippen LogP contribution is 2.38. The Hall–Kier alpha value is 0.310. The van der Waals surface area contributed by atoms with Crippen LogP contribution >= 0.6 is 12.6 Å². The second-order valence-corrected chi connectivity index (χ2v) is 5.79. The van der Waals surface area contributed by atoms with Gasteiger partial charge in [0.05, 0.1) is 4.87 Å².